The number of methoxy groups -OCH3 is 1. The van der Waals surface area contributed by atoms with Crippen LogP contribution in [-0.2, 0) is 0 Å². The van der Waals surface area contributed by atoms with Crippen LogP contribution in [0.25, 0.3) is 11.4 Å². The molecule has 0 amide bonds. The van der Waals surface area contributed by atoms with Crippen molar-refractivity contribution in [1.82, 2.24) is 14.8 Å². The first-order chi connectivity index (χ1) is 13.2. The molecule has 0 bridgehead atoms. The van der Waals surface area contributed by atoms with E-state index in [1.165, 1.54) is 56.7 Å². The van der Waals surface area contributed by atoms with Crippen molar-refractivity contribution in [2.75, 3.05) is 7.11 Å². The number of unbranched alkanes of at least 4 members (excludes halogenated alkanes) is 8. The van der Waals surface area contributed by atoms with Gasteiger partial charge in [-0.2, -0.15) is 9.67 Å². The molecular weight excluding hydrogens is 362 g/mol. The van der Waals surface area contributed by atoms with Crippen molar-refractivity contribution in [2.24, 2.45) is 0 Å². The molecule has 0 spiro atoms. The first-order valence-corrected chi connectivity index (χ1v) is 10.3. The van der Waals surface area contributed by atoms with Gasteiger partial charge in [0, 0.05) is 12.0 Å². The third-order valence-corrected chi connectivity index (χ3v) is 4.95. The number of hydrogen-bond acceptors (Lipinski definition) is 4. The van der Waals surface area contributed by atoms with Gasteiger partial charge < -0.3 is 4.74 Å². The fourth-order valence-electron chi connectivity index (χ4n) is 3.06. The minimum Gasteiger partial charge on any atom is -0.466 e. The lowest BCUT2D eigenvalue weighted by Gasteiger charge is -2.06. The fourth-order valence-corrected chi connectivity index (χ4v) is 3.28. The molecule has 148 valence electrons. The zero-order valence-corrected chi connectivity index (χ0v) is 17.2. The van der Waals surface area contributed by atoms with Gasteiger partial charge in [-0.1, -0.05) is 82.0 Å². The van der Waals surface area contributed by atoms with E-state index in [2.05, 4.69) is 17.0 Å². The molecule has 6 heteroatoms. The number of ether oxygens (including phenoxy) is 1. The molecule has 5 nitrogen and oxygen atoms in total. The van der Waals surface area contributed by atoms with Crippen LogP contribution in [0.5, 0.6) is 6.01 Å². The highest BCUT2D eigenvalue weighted by Gasteiger charge is 2.19. The molecule has 0 aliphatic carbocycles. The van der Waals surface area contributed by atoms with Crippen LogP contribution in [0, 0.1) is 0 Å². The SMILES string of the molecule is CCCCCCCCCCCC(=O)n1nc(OC)nc1-c1ccccc1Cl. The molecule has 0 atom stereocenters. The molecule has 1 heterocycles. The van der Waals surface area contributed by atoms with Crippen LogP contribution in [0.4, 0.5) is 0 Å². The van der Waals surface area contributed by atoms with E-state index in [-0.39, 0.29) is 11.9 Å². The average Bonchev–Trinajstić information content (AvgIpc) is 3.11. The molecule has 0 saturated heterocycles. The van der Waals surface area contributed by atoms with Gasteiger partial charge in [0.1, 0.15) is 0 Å². The summed E-state index contributed by atoms with van der Waals surface area (Å²) in [7, 11) is 1.49. The van der Waals surface area contributed by atoms with E-state index in [1.54, 1.807) is 6.07 Å². The number of halogens is 1. The van der Waals surface area contributed by atoms with Gasteiger partial charge in [-0.05, 0) is 18.6 Å². The summed E-state index contributed by atoms with van der Waals surface area (Å²) in [5.74, 6) is 0.349. The molecule has 0 radical (unpaired) electrons. The van der Waals surface area contributed by atoms with E-state index >= 15 is 0 Å². The summed E-state index contributed by atoms with van der Waals surface area (Å²) in [6.45, 7) is 2.24. The van der Waals surface area contributed by atoms with E-state index in [4.69, 9.17) is 16.3 Å². The standard InChI is InChI=1S/C21H30ClN3O2/c1-3-4-5-6-7-8-9-10-11-16-19(26)25-20(23-21(24-25)27-2)17-14-12-13-15-18(17)22/h12-15H,3-11,16H2,1-2H3. The van der Waals surface area contributed by atoms with Gasteiger partial charge in [-0.25, -0.2) is 0 Å². The van der Waals surface area contributed by atoms with Gasteiger partial charge in [0.15, 0.2) is 5.82 Å². The summed E-state index contributed by atoms with van der Waals surface area (Å²) in [6, 6.07) is 7.47. The Morgan fingerprint density at radius 2 is 1.67 bits per heavy atom. The molecule has 0 fully saturated rings. The molecule has 2 aromatic rings. The first-order valence-electron chi connectivity index (χ1n) is 9.96. The number of aromatic nitrogens is 3. The van der Waals surface area contributed by atoms with Crippen molar-refractivity contribution in [1.29, 1.82) is 0 Å². The number of carbonyl (C=O) groups excluding carboxylic acids is 1. The van der Waals surface area contributed by atoms with Crippen LogP contribution in [0.3, 0.4) is 0 Å². The number of hydrogen-bond donors (Lipinski definition) is 0. The molecule has 27 heavy (non-hydrogen) atoms. The first kappa shape index (κ1) is 21.4. The second kappa shape index (κ2) is 11.8. The quantitative estimate of drug-likeness (QED) is 0.406. The van der Waals surface area contributed by atoms with Crippen LogP contribution in [-0.4, -0.2) is 27.8 Å². The molecule has 0 saturated carbocycles. The van der Waals surface area contributed by atoms with Crippen LogP contribution in [0.2, 0.25) is 5.02 Å². The predicted molar refractivity (Wildman–Crippen MR) is 109 cm³/mol. The van der Waals surface area contributed by atoms with Crippen LogP contribution in [0.1, 0.15) is 75.9 Å². The van der Waals surface area contributed by atoms with Gasteiger partial charge in [0.25, 0.3) is 0 Å². The van der Waals surface area contributed by atoms with E-state index in [0.717, 1.165) is 12.8 Å². The Balaban J connectivity index is 1.86. The summed E-state index contributed by atoms with van der Waals surface area (Å²) in [6.07, 6.45) is 11.4. The van der Waals surface area contributed by atoms with Gasteiger partial charge in [0.2, 0.25) is 5.91 Å². The maximum Gasteiger partial charge on any atom is 0.336 e. The summed E-state index contributed by atoms with van der Waals surface area (Å²) < 4.78 is 6.43. The highest BCUT2D eigenvalue weighted by Crippen LogP contribution is 2.27. The van der Waals surface area contributed by atoms with Crippen molar-refractivity contribution in [3.63, 3.8) is 0 Å². The topological polar surface area (TPSA) is 57.0 Å². The number of carbonyl (C=O) groups is 1. The average molecular weight is 392 g/mol. The Morgan fingerprint density at radius 3 is 2.30 bits per heavy atom. The molecule has 0 N–H and O–H groups in total. The Hall–Kier alpha value is -1.88. The smallest absolute Gasteiger partial charge is 0.336 e. The molecule has 0 unspecified atom stereocenters. The summed E-state index contributed by atoms with van der Waals surface area (Å²) in [4.78, 5) is 16.9. The molecule has 1 aromatic heterocycles. The Morgan fingerprint density at radius 1 is 1.04 bits per heavy atom. The third kappa shape index (κ3) is 6.65. The maximum absolute atomic E-state index is 12.6. The lowest BCUT2D eigenvalue weighted by molar-refractivity contribution is 0.0883. The third-order valence-electron chi connectivity index (χ3n) is 4.62. The monoisotopic (exact) mass is 391 g/mol. The zero-order chi connectivity index (χ0) is 19.5. The highest BCUT2D eigenvalue weighted by molar-refractivity contribution is 6.33. The Labute approximate surface area is 167 Å². The molecule has 0 aliphatic heterocycles. The van der Waals surface area contributed by atoms with E-state index in [9.17, 15) is 4.79 Å². The molecule has 0 aliphatic rings. The van der Waals surface area contributed by atoms with Crippen LogP contribution >= 0.6 is 11.6 Å². The molecular formula is C21H30ClN3O2. The largest absolute Gasteiger partial charge is 0.466 e. The van der Waals surface area contributed by atoms with Crippen LogP contribution in [0.15, 0.2) is 24.3 Å². The zero-order valence-electron chi connectivity index (χ0n) is 16.4. The van der Waals surface area contributed by atoms with Gasteiger partial charge >= 0.3 is 6.01 Å². The van der Waals surface area contributed by atoms with E-state index in [1.807, 2.05) is 18.2 Å². The molecule has 1 aromatic carbocycles. The second-order valence-corrected chi connectivity index (χ2v) is 7.19. The van der Waals surface area contributed by atoms with Crippen molar-refractivity contribution in [3.05, 3.63) is 29.3 Å². The molecule has 2 rings (SSSR count). The number of benzene rings is 1. The Bertz CT molecular complexity index is 715. The van der Waals surface area contributed by atoms with Crippen molar-refractivity contribution in [3.8, 4) is 17.4 Å². The lowest BCUT2D eigenvalue weighted by atomic mass is 10.1. The predicted octanol–water partition coefficient (Wildman–Crippen LogP) is 6.17. The second-order valence-electron chi connectivity index (χ2n) is 6.79. The lowest BCUT2D eigenvalue weighted by Crippen LogP contribution is -2.14. The normalized spacial score (nSPS) is 10.9. The van der Waals surface area contributed by atoms with Gasteiger partial charge in [0.05, 0.1) is 12.1 Å². The maximum atomic E-state index is 12.6. The number of nitrogens with zero attached hydrogens (tertiary/aromatic N) is 3. The van der Waals surface area contributed by atoms with Crippen LogP contribution < -0.4 is 4.74 Å². The summed E-state index contributed by atoms with van der Waals surface area (Å²) >= 11 is 6.26. The van der Waals surface area contributed by atoms with Gasteiger partial charge in [-0.15, -0.1) is 5.10 Å². The van der Waals surface area contributed by atoms with Crippen molar-refractivity contribution < 1.29 is 9.53 Å². The highest BCUT2D eigenvalue weighted by atomic mass is 35.5. The minimum atomic E-state index is -0.0799. The van der Waals surface area contributed by atoms with Crippen molar-refractivity contribution >= 4 is 17.5 Å². The van der Waals surface area contributed by atoms with E-state index in [0.29, 0.717) is 22.8 Å². The van der Waals surface area contributed by atoms with E-state index < -0.39 is 0 Å². The van der Waals surface area contributed by atoms with Gasteiger partial charge in [-0.3, -0.25) is 4.79 Å². The minimum absolute atomic E-state index is 0.0799. The Kier molecular flexibility index (Phi) is 9.32. The summed E-state index contributed by atoms with van der Waals surface area (Å²) in [5, 5.41) is 4.71. The fraction of sp³-hybridized carbons (Fsp3) is 0.571. The number of rotatable bonds is 12. The van der Waals surface area contributed by atoms with Crippen molar-refractivity contribution in [2.45, 2.75) is 71.1 Å². The summed E-state index contributed by atoms with van der Waals surface area (Å²) in [5.41, 5.74) is 0.676.